The van der Waals surface area contributed by atoms with Crippen LogP contribution in [-0.4, -0.2) is 80.9 Å². The molecule has 154 valence electrons. The van der Waals surface area contributed by atoms with Gasteiger partial charge in [0, 0.05) is 45.4 Å². The van der Waals surface area contributed by atoms with E-state index in [0.29, 0.717) is 5.75 Å². The number of ether oxygens (including phenoxy) is 2. The molecular formula is C19H32F2N4O2. The minimum absolute atomic E-state index is 0.355. The lowest BCUT2D eigenvalue weighted by atomic mass is 10.1. The van der Waals surface area contributed by atoms with Crippen molar-refractivity contribution in [2.24, 2.45) is 0 Å². The molecule has 1 aromatic rings. The van der Waals surface area contributed by atoms with Crippen LogP contribution in [-0.2, 0) is 4.74 Å². The molecule has 0 spiro atoms. The molecule has 27 heavy (non-hydrogen) atoms. The van der Waals surface area contributed by atoms with Crippen molar-refractivity contribution in [1.82, 2.24) is 15.2 Å². The van der Waals surface area contributed by atoms with E-state index >= 15 is 0 Å². The first-order valence-corrected chi connectivity index (χ1v) is 9.36. The van der Waals surface area contributed by atoms with Crippen LogP contribution in [0.5, 0.6) is 5.75 Å². The van der Waals surface area contributed by atoms with Gasteiger partial charge in [0.25, 0.3) is 5.92 Å². The SMILES string of the molecule is COCCN1CCN(c2ccc(OCC(F)(F)CNC(C)(C)C)cn2)CC1. The first-order valence-electron chi connectivity index (χ1n) is 9.36. The average Bonchev–Trinajstić information content (AvgIpc) is 2.64. The zero-order valence-electron chi connectivity index (χ0n) is 16.8. The Morgan fingerprint density at radius 3 is 2.41 bits per heavy atom. The van der Waals surface area contributed by atoms with Gasteiger partial charge in [0.05, 0.1) is 19.3 Å². The number of piperazine rings is 1. The van der Waals surface area contributed by atoms with Crippen LogP contribution in [0.4, 0.5) is 14.6 Å². The van der Waals surface area contributed by atoms with Gasteiger partial charge in [0.1, 0.15) is 11.6 Å². The van der Waals surface area contributed by atoms with Crippen molar-refractivity contribution in [3.05, 3.63) is 18.3 Å². The van der Waals surface area contributed by atoms with Crippen molar-refractivity contribution in [2.45, 2.75) is 32.2 Å². The summed E-state index contributed by atoms with van der Waals surface area (Å²) in [5, 5.41) is 2.80. The lowest BCUT2D eigenvalue weighted by Crippen LogP contribution is -2.47. The molecule has 1 aliphatic rings. The number of nitrogens with zero attached hydrogens (tertiary/aromatic N) is 3. The number of hydrogen-bond donors (Lipinski definition) is 1. The van der Waals surface area contributed by atoms with E-state index in [0.717, 1.165) is 45.1 Å². The van der Waals surface area contributed by atoms with Crippen molar-refractivity contribution in [3.8, 4) is 5.75 Å². The molecule has 1 fully saturated rings. The molecule has 0 radical (unpaired) electrons. The molecule has 0 unspecified atom stereocenters. The van der Waals surface area contributed by atoms with Gasteiger partial charge in [0.15, 0.2) is 6.61 Å². The average molecular weight is 386 g/mol. The summed E-state index contributed by atoms with van der Waals surface area (Å²) < 4.78 is 38.2. The third kappa shape index (κ3) is 7.94. The van der Waals surface area contributed by atoms with Gasteiger partial charge in [-0.05, 0) is 32.9 Å². The minimum Gasteiger partial charge on any atom is -0.486 e. The number of rotatable bonds is 9. The second-order valence-corrected chi connectivity index (χ2v) is 7.92. The topological polar surface area (TPSA) is 49.9 Å². The van der Waals surface area contributed by atoms with E-state index in [1.165, 1.54) is 6.20 Å². The van der Waals surface area contributed by atoms with Crippen LogP contribution in [0.25, 0.3) is 0 Å². The highest BCUT2D eigenvalue weighted by atomic mass is 19.3. The third-order valence-corrected chi connectivity index (χ3v) is 4.36. The van der Waals surface area contributed by atoms with Gasteiger partial charge in [-0.25, -0.2) is 13.8 Å². The number of alkyl halides is 2. The molecule has 2 rings (SSSR count). The van der Waals surface area contributed by atoms with E-state index in [1.807, 2.05) is 26.8 Å². The van der Waals surface area contributed by atoms with E-state index < -0.39 is 19.1 Å². The van der Waals surface area contributed by atoms with Crippen molar-refractivity contribution in [1.29, 1.82) is 0 Å². The molecule has 6 nitrogen and oxygen atoms in total. The van der Waals surface area contributed by atoms with Gasteiger partial charge in [-0.2, -0.15) is 0 Å². The lowest BCUT2D eigenvalue weighted by molar-refractivity contribution is -0.0429. The number of hydrogen-bond acceptors (Lipinski definition) is 6. The number of aromatic nitrogens is 1. The summed E-state index contributed by atoms with van der Waals surface area (Å²) in [5.41, 5.74) is -0.361. The summed E-state index contributed by atoms with van der Waals surface area (Å²) in [6, 6.07) is 3.53. The predicted octanol–water partition coefficient (Wildman–Crippen LogP) is 2.25. The predicted molar refractivity (Wildman–Crippen MR) is 103 cm³/mol. The third-order valence-electron chi connectivity index (χ3n) is 4.36. The van der Waals surface area contributed by atoms with Gasteiger partial charge < -0.3 is 19.7 Å². The van der Waals surface area contributed by atoms with E-state index in [4.69, 9.17) is 9.47 Å². The fraction of sp³-hybridized carbons (Fsp3) is 0.737. The summed E-state index contributed by atoms with van der Waals surface area (Å²) in [6.07, 6.45) is 1.51. The molecule has 1 aromatic heterocycles. The number of methoxy groups -OCH3 is 1. The first-order chi connectivity index (χ1) is 12.7. The van der Waals surface area contributed by atoms with Crippen molar-refractivity contribution in [3.63, 3.8) is 0 Å². The Bertz CT molecular complexity index is 556. The Labute approximate surface area is 160 Å². The highest BCUT2D eigenvalue weighted by Gasteiger charge is 2.31. The summed E-state index contributed by atoms with van der Waals surface area (Å²) in [5.74, 6) is -1.74. The summed E-state index contributed by atoms with van der Waals surface area (Å²) in [6.45, 7) is 9.80. The molecule has 0 aromatic carbocycles. The normalized spacial score (nSPS) is 16.6. The number of nitrogens with one attached hydrogen (secondary N) is 1. The monoisotopic (exact) mass is 386 g/mol. The molecule has 0 aliphatic carbocycles. The first kappa shape index (κ1) is 21.8. The molecule has 0 atom stereocenters. The number of anilines is 1. The maximum atomic E-state index is 13.9. The van der Waals surface area contributed by atoms with Gasteiger partial charge in [-0.15, -0.1) is 0 Å². The highest BCUT2D eigenvalue weighted by molar-refractivity contribution is 5.41. The second-order valence-electron chi connectivity index (χ2n) is 7.92. The molecule has 1 saturated heterocycles. The van der Waals surface area contributed by atoms with Crippen LogP contribution < -0.4 is 15.0 Å². The molecule has 1 aliphatic heterocycles. The molecule has 2 heterocycles. The van der Waals surface area contributed by atoms with E-state index in [1.54, 1.807) is 13.2 Å². The van der Waals surface area contributed by atoms with Crippen molar-refractivity contribution < 1.29 is 18.3 Å². The van der Waals surface area contributed by atoms with Gasteiger partial charge in [0.2, 0.25) is 0 Å². The van der Waals surface area contributed by atoms with Crippen LogP contribution in [0.2, 0.25) is 0 Å². The Hall–Kier alpha value is -1.51. The minimum atomic E-state index is -2.94. The lowest BCUT2D eigenvalue weighted by Gasteiger charge is -2.35. The van der Waals surface area contributed by atoms with E-state index in [9.17, 15) is 8.78 Å². The Morgan fingerprint density at radius 2 is 1.85 bits per heavy atom. The highest BCUT2D eigenvalue weighted by Crippen LogP contribution is 2.20. The largest absolute Gasteiger partial charge is 0.486 e. The number of halogens is 2. The molecule has 8 heteroatoms. The molecular weight excluding hydrogens is 354 g/mol. The summed E-state index contributed by atoms with van der Waals surface area (Å²) in [4.78, 5) is 8.91. The molecule has 0 bridgehead atoms. The van der Waals surface area contributed by atoms with Gasteiger partial charge in [-0.1, -0.05) is 0 Å². The Kier molecular flexibility index (Phi) is 7.76. The van der Waals surface area contributed by atoms with E-state index in [2.05, 4.69) is 20.1 Å². The van der Waals surface area contributed by atoms with Crippen LogP contribution in [0.1, 0.15) is 20.8 Å². The van der Waals surface area contributed by atoms with Crippen LogP contribution in [0.15, 0.2) is 18.3 Å². The molecule has 0 saturated carbocycles. The standard InChI is InChI=1S/C19H32F2N4O2/c1-18(2,3)23-14-19(20,21)15-27-16-5-6-17(22-13-16)25-9-7-24(8-10-25)11-12-26-4/h5-6,13,23H,7-12,14-15H2,1-4H3. The van der Waals surface area contributed by atoms with Crippen molar-refractivity contribution in [2.75, 3.05) is 64.5 Å². The van der Waals surface area contributed by atoms with E-state index in [-0.39, 0.29) is 5.54 Å². The summed E-state index contributed by atoms with van der Waals surface area (Å²) in [7, 11) is 1.71. The zero-order valence-corrected chi connectivity index (χ0v) is 16.8. The maximum absolute atomic E-state index is 13.9. The maximum Gasteiger partial charge on any atom is 0.293 e. The molecule has 1 N–H and O–H groups in total. The Morgan fingerprint density at radius 1 is 1.15 bits per heavy atom. The fourth-order valence-electron chi connectivity index (χ4n) is 2.70. The zero-order chi connectivity index (χ0) is 19.9. The van der Waals surface area contributed by atoms with Gasteiger partial charge >= 0.3 is 0 Å². The quantitative estimate of drug-likeness (QED) is 0.703. The smallest absolute Gasteiger partial charge is 0.293 e. The Balaban J connectivity index is 1.78. The van der Waals surface area contributed by atoms with Crippen LogP contribution >= 0.6 is 0 Å². The van der Waals surface area contributed by atoms with Crippen LogP contribution in [0, 0.1) is 0 Å². The van der Waals surface area contributed by atoms with Crippen molar-refractivity contribution >= 4 is 5.82 Å². The number of pyridine rings is 1. The second kappa shape index (κ2) is 9.61. The van der Waals surface area contributed by atoms with Gasteiger partial charge in [-0.3, -0.25) is 4.90 Å². The van der Waals surface area contributed by atoms with Crippen LogP contribution in [0.3, 0.4) is 0 Å². The molecule has 0 amide bonds. The fourth-order valence-corrected chi connectivity index (χ4v) is 2.70. The summed E-state index contributed by atoms with van der Waals surface area (Å²) >= 11 is 0.